The molecule has 1 fully saturated rings. The van der Waals surface area contributed by atoms with E-state index >= 15 is 0 Å². The molecule has 1 aromatic carbocycles. The number of nitrogens with zero attached hydrogens (tertiary/aromatic N) is 2. The second-order valence-corrected chi connectivity index (χ2v) is 8.82. The van der Waals surface area contributed by atoms with Gasteiger partial charge in [0.1, 0.15) is 0 Å². The van der Waals surface area contributed by atoms with Gasteiger partial charge in [-0.05, 0) is 44.0 Å². The van der Waals surface area contributed by atoms with Crippen LogP contribution in [0.2, 0.25) is 0 Å². The molecule has 0 saturated carbocycles. The van der Waals surface area contributed by atoms with Crippen molar-refractivity contribution in [3.8, 4) is 0 Å². The number of nitrogens with one attached hydrogen (secondary N) is 1. The van der Waals surface area contributed by atoms with E-state index in [1.807, 2.05) is 38.1 Å². The first kappa shape index (κ1) is 18.4. The van der Waals surface area contributed by atoms with Crippen LogP contribution < -0.4 is 10.2 Å². The van der Waals surface area contributed by atoms with Crippen LogP contribution in [-0.4, -0.2) is 43.4 Å². The van der Waals surface area contributed by atoms with E-state index < -0.39 is 9.84 Å². The molecule has 1 aromatic heterocycles. The average Bonchev–Trinajstić information content (AvgIpc) is 2.94. The molecule has 7 heteroatoms. The van der Waals surface area contributed by atoms with Crippen molar-refractivity contribution in [1.82, 2.24) is 4.98 Å². The topological polar surface area (TPSA) is 79.4 Å². The first-order chi connectivity index (χ1) is 12.4. The van der Waals surface area contributed by atoms with Crippen LogP contribution in [0.15, 0.2) is 42.7 Å². The summed E-state index contributed by atoms with van der Waals surface area (Å²) in [6.07, 6.45) is 3.73. The molecule has 1 unspecified atom stereocenters. The summed E-state index contributed by atoms with van der Waals surface area (Å²) in [6.45, 7) is 4.46. The number of aromatic nitrogens is 1. The number of anilines is 2. The zero-order chi connectivity index (χ0) is 18.7. The third-order valence-electron chi connectivity index (χ3n) is 4.46. The van der Waals surface area contributed by atoms with Crippen LogP contribution in [0.5, 0.6) is 0 Å². The lowest BCUT2D eigenvalue weighted by Gasteiger charge is -2.22. The molecule has 2 heterocycles. The van der Waals surface area contributed by atoms with Gasteiger partial charge in [-0.25, -0.2) is 8.42 Å². The molecule has 138 valence electrons. The highest BCUT2D eigenvalue weighted by atomic mass is 32.2. The van der Waals surface area contributed by atoms with Crippen molar-refractivity contribution < 1.29 is 13.2 Å². The normalized spacial score (nSPS) is 18.5. The number of pyridine rings is 1. The predicted octanol–water partition coefficient (Wildman–Crippen LogP) is 2.66. The van der Waals surface area contributed by atoms with Gasteiger partial charge in [-0.2, -0.15) is 0 Å². The van der Waals surface area contributed by atoms with Crippen molar-refractivity contribution in [2.24, 2.45) is 0 Å². The summed E-state index contributed by atoms with van der Waals surface area (Å²) >= 11 is 0. The van der Waals surface area contributed by atoms with Crippen LogP contribution in [0.4, 0.5) is 11.4 Å². The number of rotatable bonds is 5. The SMILES string of the molecule is CCN(C(=O)c1cncc(NC2CCS(=O)(=O)C2)c1)c1cccc(C)c1. The predicted molar refractivity (Wildman–Crippen MR) is 103 cm³/mol. The van der Waals surface area contributed by atoms with Crippen molar-refractivity contribution in [3.63, 3.8) is 0 Å². The first-order valence-electron chi connectivity index (χ1n) is 8.68. The number of carbonyl (C=O) groups is 1. The molecule has 26 heavy (non-hydrogen) atoms. The Morgan fingerprint density at radius 1 is 1.31 bits per heavy atom. The van der Waals surface area contributed by atoms with Crippen molar-refractivity contribution in [3.05, 3.63) is 53.9 Å². The monoisotopic (exact) mass is 373 g/mol. The largest absolute Gasteiger partial charge is 0.380 e. The van der Waals surface area contributed by atoms with E-state index in [2.05, 4.69) is 10.3 Å². The lowest BCUT2D eigenvalue weighted by Crippen LogP contribution is -2.31. The standard InChI is InChI=1S/C19H23N3O3S/c1-3-22(18-6-4-5-14(2)9-18)19(23)15-10-17(12-20-11-15)21-16-7-8-26(24,25)13-16/h4-6,9-12,16,21H,3,7-8,13H2,1-2H3. The Balaban J connectivity index is 1.79. The summed E-state index contributed by atoms with van der Waals surface area (Å²) in [6, 6.07) is 9.40. The third kappa shape index (κ3) is 4.22. The van der Waals surface area contributed by atoms with Gasteiger partial charge < -0.3 is 10.2 Å². The summed E-state index contributed by atoms with van der Waals surface area (Å²) in [5, 5.41) is 3.19. The number of amides is 1. The lowest BCUT2D eigenvalue weighted by atomic mass is 10.1. The highest BCUT2D eigenvalue weighted by Crippen LogP contribution is 2.21. The maximum Gasteiger partial charge on any atom is 0.259 e. The molecule has 3 rings (SSSR count). The van der Waals surface area contributed by atoms with Gasteiger partial charge in [0.15, 0.2) is 9.84 Å². The van der Waals surface area contributed by atoms with E-state index in [1.165, 1.54) is 6.20 Å². The van der Waals surface area contributed by atoms with Gasteiger partial charge >= 0.3 is 0 Å². The number of sulfone groups is 1. The van der Waals surface area contributed by atoms with Gasteiger partial charge in [0.25, 0.3) is 5.91 Å². The molecule has 1 N–H and O–H groups in total. The molecule has 6 nitrogen and oxygen atoms in total. The van der Waals surface area contributed by atoms with Gasteiger partial charge in [0.2, 0.25) is 0 Å². The quantitative estimate of drug-likeness (QED) is 0.872. The number of aryl methyl sites for hydroxylation is 1. The van der Waals surface area contributed by atoms with Crippen LogP contribution in [-0.2, 0) is 9.84 Å². The Morgan fingerprint density at radius 3 is 2.77 bits per heavy atom. The molecule has 0 spiro atoms. The van der Waals surface area contributed by atoms with Gasteiger partial charge in [0, 0.05) is 30.7 Å². The summed E-state index contributed by atoms with van der Waals surface area (Å²) in [7, 11) is -2.96. The molecule has 1 saturated heterocycles. The molecule has 2 aromatic rings. The van der Waals surface area contributed by atoms with E-state index in [0.717, 1.165) is 11.3 Å². The molecule has 0 aliphatic carbocycles. The minimum atomic E-state index is -2.96. The van der Waals surface area contributed by atoms with Crippen LogP contribution >= 0.6 is 0 Å². The Hall–Kier alpha value is -2.41. The maximum absolute atomic E-state index is 12.9. The van der Waals surface area contributed by atoms with Gasteiger partial charge in [-0.1, -0.05) is 12.1 Å². The molecular formula is C19H23N3O3S. The van der Waals surface area contributed by atoms with E-state index in [0.29, 0.717) is 24.2 Å². The number of hydrogen-bond acceptors (Lipinski definition) is 5. The van der Waals surface area contributed by atoms with Crippen molar-refractivity contribution in [2.75, 3.05) is 28.3 Å². The minimum Gasteiger partial charge on any atom is -0.380 e. The van der Waals surface area contributed by atoms with Crippen LogP contribution in [0.1, 0.15) is 29.3 Å². The summed E-state index contributed by atoms with van der Waals surface area (Å²) in [4.78, 5) is 18.8. The highest BCUT2D eigenvalue weighted by Gasteiger charge is 2.28. The van der Waals surface area contributed by atoms with Crippen LogP contribution in [0, 0.1) is 6.92 Å². The Kier molecular flexibility index (Phi) is 5.27. The smallest absolute Gasteiger partial charge is 0.259 e. The van der Waals surface area contributed by atoms with Gasteiger partial charge in [0.05, 0.1) is 22.8 Å². The summed E-state index contributed by atoms with van der Waals surface area (Å²) < 4.78 is 23.2. The van der Waals surface area contributed by atoms with Crippen molar-refractivity contribution in [2.45, 2.75) is 26.3 Å². The van der Waals surface area contributed by atoms with E-state index in [-0.39, 0.29) is 23.5 Å². The number of hydrogen-bond donors (Lipinski definition) is 1. The summed E-state index contributed by atoms with van der Waals surface area (Å²) in [5.41, 5.74) is 3.07. The third-order valence-corrected chi connectivity index (χ3v) is 6.23. The lowest BCUT2D eigenvalue weighted by molar-refractivity contribution is 0.0988. The first-order valence-corrected chi connectivity index (χ1v) is 10.5. The molecule has 1 amide bonds. The minimum absolute atomic E-state index is 0.121. The fourth-order valence-electron chi connectivity index (χ4n) is 3.18. The van der Waals surface area contributed by atoms with Crippen molar-refractivity contribution in [1.29, 1.82) is 0 Å². The highest BCUT2D eigenvalue weighted by molar-refractivity contribution is 7.91. The molecule has 0 bridgehead atoms. The molecule has 1 atom stereocenters. The van der Waals surface area contributed by atoms with Gasteiger partial charge in [-0.3, -0.25) is 9.78 Å². The van der Waals surface area contributed by atoms with Crippen LogP contribution in [0.25, 0.3) is 0 Å². The van der Waals surface area contributed by atoms with E-state index in [1.54, 1.807) is 17.2 Å². The fourth-order valence-corrected chi connectivity index (χ4v) is 4.85. The second-order valence-electron chi connectivity index (χ2n) is 6.60. The average molecular weight is 373 g/mol. The Morgan fingerprint density at radius 2 is 2.12 bits per heavy atom. The molecule has 1 aliphatic heterocycles. The maximum atomic E-state index is 12.9. The number of benzene rings is 1. The second kappa shape index (κ2) is 7.45. The Labute approximate surface area is 154 Å². The molecule has 1 aliphatic rings. The number of carbonyl (C=O) groups excluding carboxylic acids is 1. The van der Waals surface area contributed by atoms with E-state index in [9.17, 15) is 13.2 Å². The summed E-state index contributed by atoms with van der Waals surface area (Å²) in [5.74, 6) is 0.191. The molecular weight excluding hydrogens is 350 g/mol. The van der Waals surface area contributed by atoms with E-state index in [4.69, 9.17) is 0 Å². The zero-order valence-electron chi connectivity index (χ0n) is 15.0. The van der Waals surface area contributed by atoms with Crippen LogP contribution in [0.3, 0.4) is 0 Å². The zero-order valence-corrected chi connectivity index (χ0v) is 15.8. The fraction of sp³-hybridized carbons (Fsp3) is 0.368. The van der Waals surface area contributed by atoms with Crippen molar-refractivity contribution >= 4 is 27.1 Å². The van der Waals surface area contributed by atoms with Gasteiger partial charge in [-0.15, -0.1) is 0 Å². The molecule has 0 radical (unpaired) electrons. The Bertz CT molecular complexity index is 912.